The summed E-state index contributed by atoms with van der Waals surface area (Å²) in [5, 5.41) is 0. The van der Waals surface area contributed by atoms with Gasteiger partial charge in [0.25, 0.3) is 11.5 Å². The van der Waals surface area contributed by atoms with E-state index in [0.717, 1.165) is 55.9 Å². The Balaban J connectivity index is 1.58. The third kappa shape index (κ3) is 3.76. The van der Waals surface area contributed by atoms with Gasteiger partial charge in [-0.2, -0.15) is 0 Å². The molecule has 0 N–H and O–H groups in total. The van der Waals surface area contributed by atoms with Gasteiger partial charge in [0.2, 0.25) is 0 Å². The van der Waals surface area contributed by atoms with Crippen molar-refractivity contribution >= 4 is 11.6 Å². The fraction of sp³-hybridized carbons (Fsp3) is 0.478. The van der Waals surface area contributed by atoms with Crippen LogP contribution in [0.15, 0.2) is 35.1 Å². The number of benzene rings is 1. The number of nitrogens with zero attached hydrogens (tertiary/aromatic N) is 3. The number of carbonyl (C=O) groups is 1. The van der Waals surface area contributed by atoms with Gasteiger partial charge in [0.15, 0.2) is 0 Å². The average molecular weight is 412 g/mol. The highest BCUT2D eigenvalue weighted by atomic mass is 16.5. The monoisotopic (exact) mass is 411 g/mol. The molecule has 160 valence electrons. The maximum absolute atomic E-state index is 13.5. The van der Waals surface area contributed by atoms with E-state index in [0.29, 0.717) is 30.9 Å². The first-order chi connectivity index (χ1) is 14.6. The molecule has 1 aromatic carbocycles. The second-order valence-corrected chi connectivity index (χ2v) is 7.79. The van der Waals surface area contributed by atoms with Crippen LogP contribution in [-0.4, -0.2) is 55.8 Å². The molecule has 3 heterocycles. The Morgan fingerprint density at radius 3 is 2.37 bits per heavy atom. The van der Waals surface area contributed by atoms with Crippen molar-refractivity contribution < 1.29 is 14.3 Å². The Labute approximate surface area is 176 Å². The number of methoxy groups -OCH3 is 2. The molecule has 2 aromatic rings. The number of rotatable bonds is 4. The molecular weight excluding hydrogens is 382 g/mol. The fourth-order valence-corrected chi connectivity index (χ4v) is 4.51. The number of hydrogen-bond donors (Lipinski definition) is 0. The van der Waals surface area contributed by atoms with Gasteiger partial charge < -0.3 is 23.8 Å². The number of fused-ring (bicyclic) bond motifs is 1. The molecule has 0 spiro atoms. The number of anilines is 1. The molecule has 2 aliphatic rings. The third-order valence-corrected chi connectivity index (χ3v) is 6.10. The van der Waals surface area contributed by atoms with Crippen LogP contribution in [0.25, 0.3) is 0 Å². The molecule has 4 rings (SSSR count). The number of amides is 1. The van der Waals surface area contributed by atoms with E-state index in [1.165, 1.54) is 13.2 Å². The summed E-state index contributed by atoms with van der Waals surface area (Å²) in [7, 11) is 3.20. The molecule has 1 aromatic heterocycles. The molecule has 0 aliphatic carbocycles. The van der Waals surface area contributed by atoms with Gasteiger partial charge in [-0.25, -0.2) is 0 Å². The van der Waals surface area contributed by atoms with Gasteiger partial charge in [0.1, 0.15) is 17.1 Å². The number of piperazine rings is 1. The molecule has 1 saturated heterocycles. The van der Waals surface area contributed by atoms with E-state index in [4.69, 9.17) is 9.47 Å². The van der Waals surface area contributed by atoms with E-state index < -0.39 is 0 Å². The van der Waals surface area contributed by atoms with Crippen molar-refractivity contribution in [2.45, 2.75) is 32.2 Å². The lowest BCUT2D eigenvalue weighted by Crippen LogP contribution is -2.49. The second kappa shape index (κ2) is 8.81. The number of pyridine rings is 1. The molecule has 30 heavy (non-hydrogen) atoms. The number of para-hydroxylation sites is 2. The van der Waals surface area contributed by atoms with Crippen molar-refractivity contribution in [3.63, 3.8) is 0 Å². The van der Waals surface area contributed by atoms with Crippen LogP contribution in [0.4, 0.5) is 5.69 Å². The van der Waals surface area contributed by atoms with Crippen molar-refractivity contribution in [2.24, 2.45) is 0 Å². The highest BCUT2D eigenvalue weighted by Gasteiger charge is 2.29. The van der Waals surface area contributed by atoms with Crippen LogP contribution in [0, 0.1) is 0 Å². The van der Waals surface area contributed by atoms with E-state index in [1.54, 1.807) is 11.7 Å². The molecule has 1 fully saturated rings. The summed E-state index contributed by atoms with van der Waals surface area (Å²) in [6.45, 7) is 3.34. The summed E-state index contributed by atoms with van der Waals surface area (Å²) in [5.74, 6) is 1.19. The molecule has 0 radical (unpaired) electrons. The normalized spacial score (nSPS) is 16.6. The summed E-state index contributed by atoms with van der Waals surface area (Å²) in [6, 6.07) is 9.42. The minimum absolute atomic E-state index is 0.0443. The molecule has 7 heteroatoms. The van der Waals surface area contributed by atoms with Crippen molar-refractivity contribution in [2.75, 3.05) is 45.3 Å². The van der Waals surface area contributed by atoms with E-state index in [1.807, 2.05) is 29.2 Å². The Morgan fingerprint density at radius 1 is 0.900 bits per heavy atom. The second-order valence-electron chi connectivity index (χ2n) is 7.79. The first kappa shape index (κ1) is 20.3. The summed E-state index contributed by atoms with van der Waals surface area (Å²) >= 11 is 0. The molecule has 2 aliphatic heterocycles. The smallest absolute Gasteiger partial charge is 0.259 e. The van der Waals surface area contributed by atoms with Gasteiger partial charge in [-0.1, -0.05) is 18.6 Å². The van der Waals surface area contributed by atoms with Crippen LogP contribution >= 0.6 is 0 Å². The zero-order chi connectivity index (χ0) is 21.1. The maximum Gasteiger partial charge on any atom is 0.259 e. The van der Waals surface area contributed by atoms with Gasteiger partial charge in [0.05, 0.1) is 19.9 Å². The number of ether oxygens (including phenoxy) is 2. The van der Waals surface area contributed by atoms with Gasteiger partial charge in [-0.05, 0) is 31.4 Å². The van der Waals surface area contributed by atoms with E-state index in [9.17, 15) is 9.59 Å². The van der Waals surface area contributed by atoms with Gasteiger partial charge in [0, 0.05) is 44.5 Å². The van der Waals surface area contributed by atoms with Gasteiger partial charge in [-0.15, -0.1) is 0 Å². The molecule has 0 saturated carbocycles. The van der Waals surface area contributed by atoms with Crippen molar-refractivity contribution in [3.8, 4) is 11.5 Å². The van der Waals surface area contributed by atoms with Crippen LogP contribution in [0.5, 0.6) is 11.5 Å². The zero-order valence-electron chi connectivity index (χ0n) is 17.7. The standard InChI is InChI=1S/C23H29N3O4/c1-29-19-10-6-5-8-17(19)24-12-14-25(15-13-24)23(28)22-18-9-4-3-7-11-26(18)21(27)16-20(22)30-2/h5-6,8,10,16H,3-4,7,9,11-15H2,1-2H3. The number of hydrogen-bond acceptors (Lipinski definition) is 5. The third-order valence-electron chi connectivity index (χ3n) is 6.10. The Morgan fingerprint density at radius 2 is 1.63 bits per heavy atom. The van der Waals surface area contributed by atoms with Crippen molar-refractivity contribution in [3.05, 3.63) is 51.9 Å². The molecular formula is C23H29N3O4. The summed E-state index contributed by atoms with van der Waals surface area (Å²) in [5.41, 5.74) is 2.35. The molecule has 1 amide bonds. The zero-order valence-corrected chi connectivity index (χ0v) is 17.7. The SMILES string of the molecule is COc1ccccc1N1CCN(C(=O)c2c(OC)cc(=O)n3c2CCCCC3)CC1. The lowest BCUT2D eigenvalue weighted by molar-refractivity contribution is 0.0740. The predicted octanol–water partition coefficient (Wildman–Crippen LogP) is 2.55. The van der Waals surface area contributed by atoms with Crippen LogP contribution < -0.4 is 19.9 Å². The first-order valence-electron chi connectivity index (χ1n) is 10.6. The first-order valence-corrected chi connectivity index (χ1v) is 10.6. The molecule has 7 nitrogen and oxygen atoms in total. The summed E-state index contributed by atoms with van der Waals surface area (Å²) in [4.78, 5) is 30.2. The quantitative estimate of drug-likeness (QED) is 0.774. The summed E-state index contributed by atoms with van der Waals surface area (Å²) in [6.07, 6.45) is 3.74. The van der Waals surface area contributed by atoms with E-state index >= 15 is 0 Å². The van der Waals surface area contributed by atoms with E-state index in [2.05, 4.69) is 4.90 Å². The topological polar surface area (TPSA) is 64.0 Å². The van der Waals surface area contributed by atoms with Crippen molar-refractivity contribution in [1.29, 1.82) is 0 Å². The number of carbonyl (C=O) groups excluding carboxylic acids is 1. The lowest BCUT2D eigenvalue weighted by Gasteiger charge is -2.37. The van der Waals surface area contributed by atoms with Crippen LogP contribution in [0.2, 0.25) is 0 Å². The summed E-state index contributed by atoms with van der Waals surface area (Å²) < 4.78 is 12.7. The Kier molecular flexibility index (Phi) is 5.97. The van der Waals surface area contributed by atoms with Crippen LogP contribution in [-0.2, 0) is 13.0 Å². The highest BCUT2D eigenvalue weighted by Crippen LogP contribution is 2.30. The fourth-order valence-electron chi connectivity index (χ4n) is 4.51. The van der Waals surface area contributed by atoms with Crippen LogP contribution in [0.3, 0.4) is 0 Å². The Bertz CT molecular complexity index is 977. The maximum atomic E-state index is 13.5. The van der Waals surface area contributed by atoms with E-state index in [-0.39, 0.29) is 11.5 Å². The average Bonchev–Trinajstić information content (AvgIpc) is 3.05. The molecule has 0 atom stereocenters. The molecule has 0 bridgehead atoms. The highest BCUT2D eigenvalue weighted by molar-refractivity contribution is 5.98. The van der Waals surface area contributed by atoms with Gasteiger partial charge in [-0.3, -0.25) is 9.59 Å². The van der Waals surface area contributed by atoms with Gasteiger partial charge >= 0.3 is 0 Å². The minimum atomic E-state index is -0.0821. The molecule has 0 unspecified atom stereocenters. The predicted molar refractivity (Wildman–Crippen MR) is 116 cm³/mol. The Hall–Kier alpha value is -2.96. The minimum Gasteiger partial charge on any atom is -0.496 e. The largest absolute Gasteiger partial charge is 0.496 e. The van der Waals surface area contributed by atoms with Crippen LogP contribution in [0.1, 0.15) is 35.3 Å². The number of aromatic nitrogens is 1. The van der Waals surface area contributed by atoms with Crippen molar-refractivity contribution in [1.82, 2.24) is 9.47 Å². The lowest BCUT2D eigenvalue weighted by atomic mass is 10.1.